The van der Waals surface area contributed by atoms with E-state index >= 15 is 0 Å². The Bertz CT molecular complexity index is 393. The quantitative estimate of drug-likeness (QED) is 0.548. The lowest BCUT2D eigenvalue weighted by Gasteiger charge is -2.35. The molecule has 1 aliphatic rings. The van der Waals surface area contributed by atoms with E-state index in [0.717, 1.165) is 25.1 Å². The van der Waals surface area contributed by atoms with E-state index in [0.29, 0.717) is 12.3 Å². The van der Waals surface area contributed by atoms with E-state index in [2.05, 4.69) is 27.4 Å². The fraction of sp³-hybridized carbons (Fsp3) is 0.941. The molecule has 0 radical (unpaired) electrons. The molecule has 0 aromatic heterocycles. The molecule has 0 bridgehead atoms. The van der Waals surface area contributed by atoms with Gasteiger partial charge in [-0.3, -0.25) is 14.1 Å². The van der Waals surface area contributed by atoms with Gasteiger partial charge in [-0.2, -0.15) is 0 Å². The van der Waals surface area contributed by atoms with Crippen molar-refractivity contribution in [3.63, 3.8) is 0 Å². The minimum absolute atomic E-state index is 0.151. The molecule has 0 amide bonds. The molecule has 2 unspecified atom stereocenters. The number of likely N-dealkylation sites (tertiary alicyclic amines) is 1. The predicted octanol–water partition coefficient (Wildman–Crippen LogP) is 1.96. The van der Waals surface area contributed by atoms with Gasteiger partial charge in [0, 0.05) is 54.0 Å². The lowest BCUT2D eigenvalue weighted by atomic mass is 10.0. The van der Waals surface area contributed by atoms with Crippen LogP contribution in [0.1, 0.15) is 53.4 Å². The van der Waals surface area contributed by atoms with Crippen molar-refractivity contribution in [3.8, 4) is 0 Å². The third-order valence-corrected chi connectivity index (χ3v) is 6.34. The first kappa shape index (κ1) is 20.4. The van der Waals surface area contributed by atoms with Gasteiger partial charge in [0.05, 0.1) is 0 Å². The highest BCUT2D eigenvalue weighted by molar-refractivity contribution is 7.86. The Morgan fingerprint density at radius 3 is 2.57 bits per heavy atom. The maximum Gasteiger partial charge on any atom is 0.191 e. The molecule has 0 saturated carbocycles. The lowest BCUT2D eigenvalue weighted by molar-refractivity contribution is 0.147. The fourth-order valence-electron chi connectivity index (χ4n) is 2.92. The summed E-state index contributed by atoms with van der Waals surface area (Å²) in [7, 11) is 0.959. The smallest absolute Gasteiger partial charge is 0.191 e. The number of hydrogen-bond acceptors (Lipinski definition) is 3. The third-order valence-electron chi connectivity index (χ3n) is 4.40. The van der Waals surface area contributed by atoms with Gasteiger partial charge < -0.3 is 10.6 Å². The highest BCUT2D eigenvalue weighted by Gasteiger charge is 2.20. The monoisotopic (exact) mass is 344 g/mol. The van der Waals surface area contributed by atoms with Crippen LogP contribution in [0.5, 0.6) is 0 Å². The number of nitrogens with zero attached hydrogens (tertiary/aromatic N) is 2. The number of hydrogen-bond donors (Lipinski definition) is 2. The molecule has 23 heavy (non-hydrogen) atoms. The second kappa shape index (κ2) is 10.3. The Labute approximate surface area is 145 Å². The van der Waals surface area contributed by atoms with Crippen LogP contribution in [0.2, 0.25) is 0 Å². The average molecular weight is 345 g/mol. The van der Waals surface area contributed by atoms with Crippen molar-refractivity contribution in [1.29, 1.82) is 0 Å². The summed E-state index contributed by atoms with van der Waals surface area (Å²) >= 11 is 0. The Morgan fingerprint density at radius 1 is 1.26 bits per heavy atom. The second-order valence-electron chi connectivity index (χ2n) is 7.18. The van der Waals surface area contributed by atoms with Gasteiger partial charge in [-0.1, -0.05) is 13.3 Å². The van der Waals surface area contributed by atoms with Gasteiger partial charge in [-0.25, -0.2) is 0 Å². The minimum Gasteiger partial charge on any atom is -0.355 e. The Balaban J connectivity index is 2.25. The molecule has 0 spiro atoms. The van der Waals surface area contributed by atoms with Crippen LogP contribution in [0.15, 0.2) is 4.99 Å². The Morgan fingerprint density at radius 2 is 1.96 bits per heavy atom. The van der Waals surface area contributed by atoms with Crippen LogP contribution >= 0.6 is 0 Å². The van der Waals surface area contributed by atoms with Crippen LogP contribution in [0, 0.1) is 0 Å². The number of nitrogens with one attached hydrogen (secondary N) is 2. The van der Waals surface area contributed by atoms with Crippen LogP contribution in [0.25, 0.3) is 0 Å². The molecule has 0 aromatic rings. The molecule has 1 aliphatic heterocycles. The van der Waals surface area contributed by atoms with Crippen molar-refractivity contribution >= 4 is 16.8 Å². The van der Waals surface area contributed by atoms with E-state index in [1.54, 1.807) is 7.05 Å². The Hall–Kier alpha value is -0.620. The summed E-state index contributed by atoms with van der Waals surface area (Å²) in [6.07, 6.45) is 5.27. The molecular weight excluding hydrogens is 308 g/mol. The van der Waals surface area contributed by atoms with Crippen LogP contribution in [0.3, 0.4) is 0 Å². The second-order valence-corrected chi connectivity index (χ2v) is 9.51. The van der Waals surface area contributed by atoms with Gasteiger partial charge in [0.15, 0.2) is 5.96 Å². The number of piperidine rings is 1. The first-order valence-corrected chi connectivity index (χ1v) is 10.3. The van der Waals surface area contributed by atoms with Gasteiger partial charge in [0.25, 0.3) is 0 Å². The van der Waals surface area contributed by atoms with Gasteiger partial charge in [-0.15, -0.1) is 0 Å². The van der Waals surface area contributed by atoms with Gasteiger partial charge in [0.2, 0.25) is 0 Å². The molecule has 0 aromatic carbocycles. The van der Waals surface area contributed by atoms with Crippen LogP contribution < -0.4 is 10.6 Å². The summed E-state index contributed by atoms with van der Waals surface area (Å²) in [5.74, 6) is 1.45. The largest absolute Gasteiger partial charge is 0.355 e. The molecule has 5 nitrogen and oxygen atoms in total. The zero-order valence-corrected chi connectivity index (χ0v) is 16.5. The van der Waals surface area contributed by atoms with E-state index < -0.39 is 10.8 Å². The van der Waals surface area contributed by atoms with Crippen molar-refractivity contribution in [1.82, 2.24) is 15.5 Å². The fourth-order valence-corrected chi connectivity index (χ4v) is 3.82. The molecule has 2 atom stereocenters. The summed E-state index contributed by atoms with van der Waals surface area (Å²) in [6.45, 7) is 12.2. The number of aliphatic imine (C=N–C) groups is 1. The normalized spacial score (nSPS) is 22.0. The molecule has 1 rings (SSSR count). The number of guanidine groups is 1. The summed E-state index contributed by atoms with van der Waals surface area (Å²) in [6, 6.07) is 0.745. The van der Waals surface area contributed by atoms with Gasteiger partial charge >= 0.3 is 0 Å². The van der Waals surface area contributed by atoms with E-state index in [1.807, 2.05) is 20.8 Å². The standard InChI is InChI=1S/C17H36N4OS/c1-6-15-9-7-8-12-21(15)13-10-19-16(18-5)20-11-14-23(22)17(2,3)4/h15H,6-14H2,1-5H3,(H2,18,19,20). The summed E-state index contributed by atoms with van der Waals surface area (Å²) in [4.78, 5) is 6.84. The van der Waals surface area contributed by atoms with Gasteiger partial charge in [0.1, 0.15) is 0 Å². The average Bonchev–Trinajstić information content (AvgIpc) is 2.52. The summed E-state index contributed by atoms with van der Waals surface area (Å²) in [5.41, 5.74) is 0. The zero-order valence-electron chi connectivity index (χ0n) is 15.7. The van der Waals surface area contributed by atoms with E-state index in [4.69, 9.17) is 0 Å². The third kappa shape index (κ3) is 7.66. The van der Waals surface area contributed by atoms with Crippen LogP contribution in [-0.4, -0.2) is 64.8 Å². The Kier molecular flexibility index (Phi) is 9.14. The molecule has 6 heteroatoms. The van der Waals surface area contributed by atoms with Gasteiger partial charge in [-0.05, 0) is 46.6 Å². The highest BCUT2D eigenvalue weighted by atomic mass is 32.2. The lowest BCUT2D eigenvalue weighted by Crippen LogP contribution is -2.46. The topological polar surface area (TPSA) is 56.7 Å². The van der Waals surface area contributed by atoms with E-state index in [-0.39, 0.29) is 4.75 Å². The van der Waals surface area contributed by atoms with Crippen molar-refractivity contribution < 1.29 is 4.21 Å². The minimum atomic E-state index is -0.825. The molecule has 2 N–H and O–H groups in total. The van der Waals surface area contributed by atoms with E-state index in [9.17, 15) is 4.21 Å². The number of rotatable bonds is 7. The van der Waals surface area contributed by atoms with Crippen molar-refractivity contribution in [2.24, 2.45) is 4.99 Å². The first-order valence-electron chi connectivity index (χ1n) is 8.95. The zero-order chi connectivity index (χ0) is 17.3. The molecule has 0 aliphatic carbocycles. The van der Waals surface area contributed by atoms with Crippen LogP contribution in [-0.2, 0) is 10.8 Å². The van der Waals surface area contributed by atoms with E-state index in [1.165, 1.54) is 32.2 Å². The predicted molar refractivity (Wildman–Crippen MR) is 102 cm³/mol. The molecular formula is C17H36N4OS. The maximum absolute atomic E-state index is 12.0. The molecule has 1 saturated heterocycles. The van der Waals surface area contributed by atoms with Crippen molar-refractivity contribution in [2.45, 2.75) is 64.2 Å². The summed E-state index contributed by atoms with van der Waals surface area (Å²) in [5, 5.41) is 6.63. The van der Waals surface area contributed by atoms with Crippen molar-refractivity contribution in [2.75, 3.05) is 39.0 Å². The highest BCUT2D eigenvalue weighted by Crippen LogP contribution is 2.18. The van der Waals surface area contributed by atoms with Crippen molar-refractivity contribution in [3.05, 3.63) is 0 Å². The maximum atomic E-state index is 12.0. The first-order chi connectivity index (χ1) is 10.9. The SMILES string of the molecule is CCC1CCCCN1CCNC(=NC)NCCS(=O)C(C)(C)C. The molecule has 136 valence electrons. The molecule has 1 fully saturated rings. The van der Waals surface area contributed by atoms with Crippen LogP contribution in [0.4, 0.5) is 0 Å². The molecule has 1 heterocycles. The summed E-state index contributed by atoms with van der Waals surface area (Å²) < 4.78 is 11.9.